The van der Waals surface area contributed by atoms with Gasteiger partial charge in [-0.15, -0.1) is 5.06 Å². The van der Waals surface area contributed by atoms with E-state index in [2.05, 4.69) is 13.8 Å². The molecule has 0 saturated carbocycles. The van der Waals surface area contributed by atoms with E-state index < -0.39 is 0 Å². The summed E-state index contributed by atoms with van der Waals surface area (Å²) in [5, 5.41) is 1.42. The maximum atomic E-state index is 10.9. The average Bonchev–Trinajstić information content (AvgIpc) is 1.82. The van der Waals surface area contributed by atoms with Crippen molar-refractivity contribution < 1.29 is 9.63 Å². The first-order valence-corrected chi connectivity index (χ1v) is 3.90. The van der Waals surface area contributed by atoms with Crippen molar-refractivity contribution in [2.75, 3.05) is 14.1 Å². The molecular weight excluding hydrogens is 142 g/mol. The van der Waals surface area contributed by atoms with E-state index in [1.54, 1.807) is 14.1 Å². The molecule has 0 radical (unpaired) electrons. The normalized spacial score (nSPS) is 10.7. The van der Waals surface area contributed by atoms with Crippen molar-refractivity contribution >= 4 is 5.97 Å². The fourth-order valence-corrected chi connectivity index (χ4v) is 0.656. The molecule has 0 fully saturated rings. The van der Waals surface area contributed by atoms with Gasteiger partial charge in [-0.25, -0.2) is 0 Å². The monoisotopic (exact) mass is 159 g/mol. The van der Waals surface area contributed by atoms with Crippen LogP contribution in [-0.4, -0.2) is 25.1 Å². The van der Waals surface area contributed by atoms with Crippen molar-refractivity contribution in [1.82, 2.24) is 5.06 Å². The van der Waals surface area contributed by atoms with Gasteiger partial charge >= 0.3 is 5.97 Å². The van der Waals surface area contributed by atoms with Crippen LogP contribution < -0.4 is 0 Å². The number of hydroxylamine groups is 2. The zero-order valence-corrected chi connectivity index (χ0v) is 7.76. The molecule has 0 spiro atoms. The molecule has 0 aliphatic rings. The van der Waals surface area contributed by atoms with Gasteiger partial charge in [-0.05, 0) is 12.3 Å². The van der Waals surface area contributed by atoms with E-state index in [1.165, 1.54) is 5.06 Å². The Balaban J connectivity index is 3.38. The van der Waals surface area contributed by atoms with E-state index in [0.717, 1.165) is 6.42 Å². The van der Waals surface area contributed by atoms with Crippen LogP contribution in [0.4, 0.5) is 0 Å². The highest BCUT2D eigenvalue weighted by Gasteiger charge is 2.05. The first kappa shape index (κ1) is 10.4. The second kappa shape index (κ2) is 5.13. The van der Waals surface area contributed by atoms with Crippen LogP contribution in [0.3, 0.4) is 0 Å². The van der Waals surface area contributed by atoms with Crippen LogP contribution >= 0.6 is 0 Å². The fraction of sp³-hybridized carbons (Fsp3) is 0.875. The highest BCUT2D eigenvalue weighted by molar-refractivity contribution is 5.68. The molecule has 3 nitrogen and oxygen atoms in total. The Morgan fingerprint density at radius 1 is 1.45 bits per heavy atom. The molecule has 0 atom stereocenters. The van der Waals surface area contributed by atoms with Crippen molar-refractivity contribution in [3.8, 4) is 0 Å². The Morgan fingerprint density at radius 2 is 2.00 bits per heavy atom. The van der Waals surface area contributed by atoms with Gasteiger partial charge < -0.3 is 4.84 Å². The number of nitrogens with zero attached hydrogens (tertiary/aromatic N) is 1. The van der Waals surface area contributed by atoms with Gasteiger partial charge in [0.1, 0.15) is 0 Å². The van der Waals surface area contributed by atoms with Gasteiger partial charge in [-0.3, -0.25) is 4.79 Å². The molecule has 66 valence electrons. The Kier molecular flexibility index (Phi) is 4.86. The minimum atomic E-state index is -0.149. The third kappa shape index (κ3) is 7.33. The predicted octanol–water partition coefficient (Wildman–Crippen LogP) is 1.44. The van der Waals surface area contributed by atoms with E-state index in [1.807, 2.05) is 0 Å². The van der Waals surface area contributed by atoms with Gasteiger partial charge in [0.2, 0.25) is 0 Å². The molecule has 0 amide bonds. The average molecular weight is 159 g/mol. The third-order valence-corrected chi connectivity index (χ3v) is 1.21. The van der Waals surface area contributed by atoms with Crippen LogP contribution in [0, 0.1) is 5.92 Å². The van der Waals surface area contributed by atoms with E-state index in [9.17, 15) is 4.79 Å². The zero-order chi connectivity index (χ0) is 8.85. The lowest BCUT2D eigenvalue weighted by Gasteiger charge is -2.10. The molecule has 0 rings (SSSR count). The highest BCUT2D eigenvalue weighted by atomic mass is 16.7. The van der Waals surface area contributed by atoms with Crippen LogP contribution in [0.2, 0.25) is 0 Å². The number of carbonyl (C=O) groups is 1. The molecule has 0 heterocycles. The van der Waals surface area contributed by atoms with E-state index in [4.69, 9.17) is 4.84 Å². The van der Waals surface area contributed by atoms with Crippen molar-refractivity contribution in [2.45, 2.75) is 26.7 Å². The summed E-state index contributed by atoms with van der Waals surface area (Å²) >= 11 is 0. The van der Waals surface area contributed by atoms with E-state index in [0.29, 0.717) is 12.3 Å². The van der Waals surface area contributed by atoms with Crippen molar-refractivity contribution in [2.24, 2.45) is 5.92 Å². The molecule has 0 aliphatic heterocycles. The zero-order valence-electron chi connectivity index (χ0n) is 7.76. The van der Waals surface area contributed by atoms with Gasteiger partial charge in [0, 0.05) is 20.5 Å². The van der Waals surface area contributed by atoms with Crippen LogP contribution in [0.15, 0.2) is 0 Å². The first-order chi connectivity index (χ1) is 5.02. The Morgan fingerprint density at radius 3 is 2.36 bits per heavy atom. The summed E-state index contributed by atoms with van der Waals surface area (Å²) in [5.74, 6) is 0.411. The number of carbonyl (C=O) groups excluding carboxylic acids is 1. The molecule has 0 unspecified atom stereocenters. The molecule has 0 aromatic rings. The number of hydrogen-bond acceptors (Lipinski definition) is 3. The van der Waals surface area contributed by atoms with Gasteiger partial charge in [0.15, 0.2) is 0 Å². The summed E-state index contributed by atoms with van der Waals surface area (Å²) in [7, 11) is 3.40. The third-order valence-electron chi connectivity index (χ3n) is 1.21. The summed E-state index contributed by atoms with van der Waals surface area (Å²) in [6.07, 6.45) is 1.41. The van der Waals surface area contributed by atoms with Crippen molar-refractivity contribution in [1.29, 1.82) is 0 Å². The minimum Gasteiger partial charge on any atom is -0.369 e. The largest absolute Gasteiger partial charge is 0.369 e. The number of hydrogen-bond donors (Lipinski definition) is 0. The van der Waals surface area contributed by atoms with E-state index in [-0.39, 0.29) is 5.97 Å². The van der Waals surface area contributed by atoms with Gasteiger partial charge in [-0.1, -0.05) is 13.8 Å². The second-order valence-corrected chi connectivity index (χ2v) is 3.21. The highest BCUT2D eigenvalue weighted by Crippen LogP contribution is 2.04. The van der Waals surface area contributed by atoms with Crippen molar-refractivity contribution in [3.63, 3.8) is 0 Å². The molecule has 0 aliphatic carbocycles. The van der Waals surface area contributed by atoms with E-state index >= 15 is 0 Å². The lowest BCUT2D eigenvalue weighted by Crippen LogP contribution is -2.18. The quantitative estimate of drug-likeness (QED) is 0.581. The van der Waals surface area contributed by atoms with Crippen LogP contribution in [0.5, 0.6) is 0 Å². The smallest absolute Gasteiger partial charge is 0.325 e. The summed E-state index contributed by atoms with van der Waals surface area (Å²) in [4.78, 5) is 15.7. The molecule has 0 bridgehead atoms. The van der Waals surface area contributed by atoms with Gasteiger partial charge in [-0.2, -0.15) is 0 Å². The standard InChI is InChI=1S/C8H17NO2/c1-7(2)5-6-8(10)11-9(3)4/h7H,5-6H2,1-4H3. The molecule has 0 N–H and O–H groups in total. The Bertz CT molecular complexity index is 121. The van der Waals surface area contributed by atoms with Crippen LogP contribution in [0.25, 0.3) is 0 Å². The van der Waals surface area contributed by atoms with Gasteiger partial charge in [0.05, 0.1) is 0 Å². The maximum Gasteiger partial charge on any atom is 0.325 e. The molecule has 0 saturated heterocycles. The lowest BCUT2D eigenvalue weighted by molar-refractivity contribution is -0.178. The molecular formula is C8H17NO2. The Hall–Kier alpha value is -0.570. The predicted molar refractivity (Wildman–Crippen MR) is 43.9 cm³/mol. The fourth-order valence-electron chi connectivity index (χ4n) is 0.656. The Labute approximate surface area is 68.3 Å². The molecule has 0 aromatic heterocycles. The SMILES string of the molecule is CC(C)CCC(=O)ON(C)C. The topological polar surface area (TPSA) is 29.5 Å². The minimum absolute atomic E-state index is 0.149. The number of rotatable bonds is 4. The van der Waals surface area contributed by atoms with Crippen LogP contribution in [-0.2, 0) is 9.63 Å². The molecule has 3 heteroatoms. The molecule has 11 heavy (non-hydrogen) atoms. The maximum absolute atomic E-state index is 10.9. The summed E-state index contributed by atoms with van der Waals surface area (Å²) in [6.45, 7) is 4.17. The molecule has 0 aromatic carbocycles. The first-order valence-electron chi connectivity index (χ1n) is 3.90. The summed E-state index contributed by atoms with van der Waals surface area (Å²) < 4.78 is 0. The van der Waals surface area contributed by atoms with Crippen LogP contribution in [0.1, 0.15) is 26.7 Å². The summed E-state index contributed by atoms with van der Waals surface area (Å²) in [5.41, 5.74) is 0. The van der Waals surface area contributed by atoms with Crippen molar-refractivity contribution in [3.05, 3.63) is 0 Å². The van der Waals surface area contributed by atoms with Gasteiger partial charge in [0.25, 0.3) is 0 Å². The summed E-state index contributed by atoms with van der Waals surface area (Å²) in [6, 6.07) is 0. The lowest BCUT2D eigenvalue weighted by atomic mass is 10.1. The second-order valence-electron chi connectivity index (χ2n) is 3.21.